The Labute approximate surface area is 138 Å². The molecule has 0 bridgehead atoms. The van der Waals surface area contributed by atoms with Crippen molar-refractivity contribution in [3.8, 4) is 0 Å². The summed E-state index contributed by atoms with van der Waals surface area (Å²) in [5.41, 5.74) is -0.957. The van der Waals surface area contributed by atoms with E-state index in [2.05, 4.69) is 21.2 Å². The Morgan fingerprint density at radius 1 is 1.33 bits per heavy atom. The first-order valence-corrected chi connectivity index (χ1v) is 8.47. The molecule has 1 unspecified atom stereocenters. The predicted octanol–water partition coefficient (Wildman–Crippen LogP) is 3.39. The normalized spacial score (nSPS) is 13.3. The first kappa shape index (κ1) is 18.0. The van der Waals surface area contributed by atoms with Gasteiger partial charge >= 0.3 is 5.97 Å². The molecule has 0 saturated heterocycles. The SMILES string of the molecule is CCCC(C)(NC(=O)CSc1ccc(Br)cc1)C(=O)OC. The number of thioether (sulfide) groups is 1. The predicted molar refractivity (Wildman–Crippen MR) is 88.3 cm³/mol. The monoisotopic (exact) mass is 373 g/mol. The molecule has 1 atom stereocenters. The van der Waals surface area contributed by atoms with Gasteiger partial charge in [0.1, 0.15) is 5.54 Å². The summed E-state index contributed by atoms with van der Waals surface area (Å²) < 4.78 is 5.78. The molecular weight excluding hydrogens is 354 g/mol. The first-order chi connectivity index (χ1) is 9.91. The van der Waals surface area contributed by atoms with E-state index in [1.165, 1.54) is 18.9 Å². The fourth-order valence-corrected chi connectivity index (χ4v) is 2.93. The second kappa shape index (κ2) is 8.44. The van der Waals surface area contributed by atoms with Crippen molar-refractivity contribution in [1.82, 2.24) is 5.32 Å². The van der Waals surface area contributed by atoms with Crippen LogP contribution in [0.1, 0.15) is 26.7 Å². The van der Waals surface area contributed by atoms with E-state index in [0.717, 1.165) is 15.8 Å². The topological polar surface area (TPSA) is 55.4 Å². The number of carbonyl (C=O) groups is 2. The van der Waals surface area contributed by atoms with E-state index in [0.29, 0.717) is 6.42 Å². The maximum atomic E-state index is 12.0. The summed E-state index contributed by atoms with van der Waals surface area (Å²) in [4.78, 5) is 24.9. The van der Waals surface area contributed by atoms with Crippen molar-refractivity contribution in [2.24, 2.45) is 0 Å². The molecule has 0 aliphatic rings. The zero-order chi connectivity index (χ0) is 15.9. The van der Waals surface area contributed by atoms with Crippen molar-refractivity contribution in [3.63, 3.8) is 0 Å². The van der Waals surface area contributed by atoms with E-state index in [9.17, 15) is 9.59 Å². The number of ether oxygens (including phenoxy) is 1. The molecule has 1 N–H and O–H groups in total. The maximum absolute atomic E-state index is 12.0. The highest BCUT2D eigenvalue weighted by Gasteiger charge is 2.34. The Morgan fingerprint density at radius 3 is 2.48 bits per heavy atom. The average molecular weight is 374 g/mol. The van der Waals surface area contributed by atoms with E-state index >= 15 is 0 Å². The smallest absolute Gasteiger partial charge is 0.331 e. The number of rotatable bonds is 7. The third-order valence-electron chi connectivity index (χ3n) is 2.98. The molecule has 1 amide bonds. The Balaban J connectivity index is 2.58. The van der Waals surface area contributed by atoms with Crippen LogP contribution in [0.15, 0.2) is 33.6 Å². The molecule has 0 spiro atoms. The summed E-state index contributed by atoms with van der Waals surface area (Å²) in [5.74, 6) is -0.326. The van der Waals surface area contributed by atoms with Gasteiger partial charge in [0, 0.05) is 9.37 Å². The summed E-state index contributed by atoms with van der Waals surface area (Å²) in [7, 11) is 1.33. The third kappa shape index (κ3) is 5.71. The molecule has 0 fully saturated rings. The molecule has 0 aromatic heterocycles. The number of esters is 1. The first-order valence-electron chi connectivity index (χ1n) is 6.69. The van der Waals surface area contributed by atoms with Gasteiger partial charge in [-0.05, 0) is 37.6 Å². The van der Waals surface area contributed by atoms with Crippen molar-refractivity contribution >= 4 is 39.6 Å². The number of amides is 1. The lowest BCUT2D eigenvalue weighted by Crippen LogP contribution is -2.53. The highest BCUT2D eigenvalue weighted by atomic mass is 79.9. The highest BCUT2D eigenvalue weighted by molar-refractivity contribution is 9.10. The molecule has 4 nitrogen and oxygen atoms in total. The van der Waals surface area contributed by atoms with Crippen LogP contribution in [0.3, 0.4) is 0 Å². The molecule has 0 aliphatic carbocycles. The molecule has 0 saturated carbocycles. The van der Waals surface area contributed by atoms with Crippen LogP contribution in [0.5, 0.6) is 0 Å². The number of carbonyl (C=O) groups excluding carboxylic acids is 2. The summed E-state index contributed by atoms with van der Waals surface area (Å²) in [5, 5.41) is 2.78. The number of halogens is 1. The van der Waals surface area contributed by atoms with Gasteiger partial charge in [-0.2, -0.15) is 0 Å². The lowest BCUT2D eigenvalue weighted by molar-refractivity contribution is -0.150. The molecule has 6 heteroatoms. The van der Waals surface area contributed by atoms with E-state index in [-0.39, 0.29) is 11.7 Å². The number of nitrogens with one attached hydrogen (secondary N) is 1. The van der Waals surface area contributed by atoms with Gasteiger partial charge in [-0.3, -0.25) is 4.79 Å². The van der Waals surface area contributed by atoms with Gasteiger partial charge in [-0.15, -0.1) is 11.8 Å². The van der Waals surface area contributed by atoms with E-state index < -0.39 is 11.5 Å². The number of hydrogen-bond donors (Lipinski definition) is 1. The zero-order valence-electron chi connectivity index (χ0n) is 12.4. The molecule has 21 heavy (non-hydrogen) atoms. The standard InChI is InChI=1S/C15H20BrNO3S/c1-4-9-15(2,14(19)20-3)17-13(18)10-21-12-7-5-11(16)6-8-12/h5-8H,4,9-10H2,1-3H3,(H,17,18). The third-order valence-corrected chi connectivity index (χ3v) is 4.53. The Bertz CT molecular complexity index is 492. The maximum Gasteiger partial charge on any atom is 0.331 e. The summed E-state index contributed by atoms with van der Waals surface area (Å²) in [6.45, 7) is 3.66. The van der Waals surface area contributed by atoms with Crippen molar-refractivity contribution in [2.75, 3.05) is 12.9 Å². The highest BCUT2D eigenvalue weighted by Crippen LogP contribution is 2.21. The van der Waals surface area contributed by atoms with Crippen LogP contribution in [0.4, 0.5) is 0 Å². The van der Waals surface area contributed by atoms with Gasteiger partial charge in [0.2, 0.25) is 5.91 Å². The van der Waals surface area contributed by atoms with Crippen LogP contribution >= 0.6 is 27.7 Å². The van der Waals surface area contributed by atoms with Crippen LogP contribution in [-0.2, 0) is 14.3 Å². The molecule has 0 heterocycles. The minimum absolute atomic E-state index is 0.177. The Morgan fingerprint density at radius 2 is 1.95 bits per heavy atom. The molecule has 1 aromatic rings. The molecule has 0 aliphatic heterocycles. The summed E-state index contributed by atoms with van der Waals surface area (Å²) >= 11 is 4.80. The molecule has 116 valence electrons. The van der Waals surface area contributed by atoms with Crippen LogP contribution in [0.2, 0.25) is 0 Å². The van der Waals surface area contributed by atoms with Crippen molar-refractivity contribution in [3.05, 3.63) is 28.7 Å². The molecule has 0 radical (unpaired) electrons. The summed E-state index contributed by atoms with van der Waals surface area (Å²) in [6.07, 6.45) is 1.33. The van der Waals surface area contributed by atoms with E-state index in [4.69, 9.17) is 4.74 Å². The van der Waals surface area contributed by atoms with Crippen LogP contribution < -0.4 is 5.32 Å². The minimum atomic E-state index is -0.957. The van der Waals surface area contributed by atoms with Crippen molar-refractivity contribution in [2.45, 2.75) is 37.1 Å². The van der Waals surface area contributed by atoms with Crippen molar-refractivity contribution in [1.29, 1.82) is 0 Å². The number of hydrogen-bond acceptors (Lipinski definition) is 4. The van der Waals surface area contributed by atoms with Gasteiger partial charge in [0.05, 0.1) is 12.9 Å². The summed E-state index contributed by atoms with van der Waals surface area (Å²) in [6, 6.07) is 7.73. The van der Waals surface area contributed by atoms with Gasteiger partial charge in [0.25, 0.3) is 0 Å². The van der Waals surface area contributed by atoms with Crippen molar-refractivity contribution < 1.29 is 14.3 Å². The molecule has 1 aromatic carbocycles. The number of methoxy groups -OCH3 is 1. The van der Waals surface area contributed by atoms with Gasteiger partial charge < -0.3 is 10.1 Å². The second-order valence-electron chi connectivity index (χ2n) is 4.86. The fraction of sp³-hybridized carbons (Fsp3) is 0.467. The van der Waals surface area contributed by atoms with Gasteiger partial charge in [-0.25, -0.2) is 4.79 Å². The lowest BCUT2D eigenvalue weighted by atomic mass is 9.96. The second-order valence-corrected chi connectivity index (χ2v) is 6.83. The fourth-order valence-electron chi connectivity index (χ4n) is 1.96. The molecule has 1 rings (SSSR count). The van der Waals surface area contributed by atoms with Gasteiger partial charge in [-0.1, -0.05) is 29.3 Å². The number of benzene rings is 1. The van der Waals surface area contributed by atoms with E-state index in [1.807, 2.05) is 31.2 Å². The quantitative estimate of drug-likeness (QED) is 0.587. The lowest BCUT2D eigenvalue weighted by Gasteiger charge is -2.27. The van der Waals surface area contributed by atoms with E-state index in [1.54, 1.807) is 6.92 Å². The van der Waals surface area contributed by atoms with Crippen LogP contribution in [-0.4, -0.2) is 30.3 Å². The Hall–Kier alpha value is -1.01. The largest absolute Gasteiger partial charge is 0.467 e. The zero-order valence-corrected chi connectivity index (χ0v) is 14.8. The Kier molecular flexibility index (Phi) is 7.25. The van der Waals surface area contributed by atoms with Crippen LogP contribution in [0.25, 0.3) is 0 Å². The van der Waals surface area contributed by atoms with Crippen LogP contribution in [0, 0.1) is 0 Å². The minimum Gasteiger partial charge on any atom is -0.467 e. The average Bonchev–Trinajstić information content (AvgIpc) is 2.46. The molecular formula is C15H20BrNO3S. The van der Waals surface area contributed by atoms with Gasteiger partial charge in [0.15, 0.2) is 0 Å².